The summed E-state index contributed by atoms with van der Waals surface area (Å²) in [6, 6.07) is 3.67. The monoisotopic (exact) mass is 447 g/mol. The molecule has 2 amide bonds. The van der Waals surface area contributed by atoms with Gasteiger partial charge in [-0.05, 0) is 44.5 Å². The third-order valence-corrected chi connectivity index (χ3v) is 6.85. The van der Waals surface area contributed by atoms with E-state index < -0.39 is 35.0 Å². The Kier molecular flexibility index (Phi) is 5.39. The number of hydrogen-bond acceptors (Lipinski definition) is 6. The number of fused-ring (bicyclic) bond motifs is 2. The average molecular weight is 448 g/mol. The van der Waals surface area contributed by atoms with Gasteiger partial charge in [-0.1, -0.05) is 23.7 Å². The van der Waals surface area contributed by atoms with E-state index in [0.717, 1.165) is 24.6 Å². The normalized spacial score (nSPS) is 29.3. The van der Waals surface area contributed by atoms with Gasteiger partial charge in [-0.2, -0.15) is 0 Å². The highest BCUT2D eigenvalue weighted by atomic mass is 35.5. The van der Waals surface area contributed by atoms with E-state index in [1.54, 1.807) is 18.2 Å². The number of hydrogen-bond donors (Lipinski definition) is 2. The number of allylic oxidation sites excluding steroid dienone is 2. The van der Waals surface area contributed by atoms with Crippen molar-refractivity contribution in [3.05, 3.63) is 53.7 Å². The lowest BCUT2D eigenvalue weighted by Gasteiger charge is -2.47. The molecule has 2 aromatic rings. The summed E-state index contributed by atoms with van der Waals surface area (Å²) in [5.74, 6) is -2.16. The van der Waals surface area contributed by atoms with Crippen LogP contribution in [0.15, 0.2) is 46.7 Å². The summed E-state index contributed by atoms with van der Waals surface area (Å²) in [5, 5.41) is 18.2. The Morgan fingerprint density at radius 1 is 1.35 bits per heavy atom. The standard InChI is InChI=1S/C22H22FN3O4.ClH/c1-12(22-15(5-4-7-18(22)27)20(28)24-21(22)29)26-10-3-2-6-16(26)19-14-9-8-13(23)11-17(14)30-25-19;/h4-5,7-9,11-12,15-16,27H,2-3,6,10H2,1H3,(H,24,28,29);1H. The summed E-state index contributed by atoms with van der Waals surface area (Å²) >= 11 is 0. The zero-order valence-corrected chi connectivity index (χ0v) is 17.7. The van der Waals surface area contributed by atoms with Crippen LogP contribution < -0.4 is 5.32 Å². The van der Waals surface area contributed by atoms with Crippen LogP contribution >= 0.6 is 12.4 Å². The molecule has 2 aliphatic heterocycles. The Morgan fingerprint density at radius 2 is 2.16 bits per heavy atom. The van der Waals surface area contributed by atoms with E-state index in [2.05, 4.69) is 15.4 Å². The molecule has 1 aromatic heterocycles. The Labute approximate surface area is 184 Å². The van der Waals surface area contributed by atoms with E-state index >= 15 is 0 Å². The lowest BCUT2D eigenvalue weighted by molar-refractivity contribution is -0.133. The summed E-state index contributed by atoms with van der Waals surface area (Å²) in [5.41, 5.74) is -0.326. The summed E-state index contributed by atoms with van der Waals surface area (Å²) in [4.78, 5) is 27.6. The minimum absolute atomic E-state index is 0. The highest BCUT2D eigenvalue weighted by Crippen LogP contribution is 2.50. The molecule has 31 heavy (non-hydrogen) atoms. The van der Waals surface area contributed by atoms with Crippen molar-refractivity contribution in [1.29, 1.82) is 0 Å². The molecule has 5 rings (SSSR count). The van der Waals surface area contributed by atoms with Crippen molar-refractivity contribution in [1.82, 2.24) is 15.4 Å². The van der Waals surface area contributed by atoms with Crippen LogP contribution in [0.25, 0.3) is 11.0 Å². The number of nitrogens with zero attached hydrogens (tertiary/aromatic N) is 2. The number of imide groups is 1. The molecule has 0 saturated carbocycles. The van der Waals surface area contributed by atoms with Crippen molar-refractivity contribution < 1.29 is 23.6 Å². The number of rotatable bonds is 3. The summed E-state index contributed by atoms with van der Waals surface area (Å²) in [6.45, 7) is 2.54. The zero-order chi connectivity index (χ0) is 21.0. The number of likely N-dealkylation sites (tertiary alicyclic amines) is 1. The predicted molar refractivity (Wildman–Crippen MR) is 113 cm³/mol. The Bertz CT molecular complexity index is 1110. The molecule has 164 valence electrons. The first-order valence-corrected chi connectivity index (χ1v) is 10.2. The zero-order valence-electron chi connectivity index (χ0n) is 16.9. The molecule has 3 aliphatic rings. The number of carbonyl (C=O) groups is 2. The smallest absolute Gasteiger partial charge is 0.243 e. The second kappa shape index (κ2) is 7.76. The number of nitrogens with one attached hydrogen (secondary N) is 1. The van der Waals surface area contributed by atoms with E-state index in [4.69, 9.17) is 4.52 Å². The second-order valence-corrected chi connectivity index (χ2v) is 8.24. The van der Waals surface area contributed by atoms with E-state index in [1.807, 2.05) is 6.92 Å². The number of carbonyl (C=O) groups excluding carboxylic acids is 2. The van der Waals surface area contributed by atoms with Gasteiger partial charge in [0.25, 0.3) is 0 Å². The van der Waals surface area contributed by atoms with Crippen molar-refractivity contribution >= 4 is 35.2 Å². The maximum absolute atomic E-state index is 13.6. The molecule has 4 unspecified atom stereocenters. The van der Waals surface area contributed by atoms with Gasteiger partial charge in [0.2, 0.25) is 11.8 Å². The second-order valence-electron chi connectivity index (χ2n) is 8.24. The molecule has 7 nitrogen and oxygen atoms in total. The van der Waals surface area contributed by atoms with Crippen LogP contribution in [0.3, 0.4) is 0 Å². The van der Waals surface area contributed by atoms with Gasteiger partial charge in [0.15, 0.2) is 5.58 Å². The summed E-state index contributed by atoms with van der Waals surface area (Å²) in [7, 11) is 0. The molecule has 0 bridgehead atoms. The lowest BCUT2D eigenvalue weighted by atomic mass is 9.67. The highest BCUT2D eigenvalue weighted by molar-refractivity contribution is 6.10. The van der Waals surface area contributed by atoms with Crippen molar-refractivity contribution in [2.24, 2.45) is 11.3 Å². The number of aliphatic hydroxyl groups excluding tert-OH is 1. The number of amides is 2. The fraction of sp³-hybridized carbons (Fsp3) is 0.409. The topological polar surface area (TPSA) is 95.7 Å². The molecule has 4 atom stereocenters. The van der Waals surface area contributed by atoms with Gasteiger partial charge >= 0.3 is 0 Å². The summed E-state index contributed by atoms with van der Waals surface area (Å²) < 4.78 is 19.0. The molecule has 0 spiro atoms. The van der Waals surface area contributed by atoms with Crippen molar-refractivity contribution in [2.45, 2.75) is 38.3 Å². The van der Waals surface area contributed by atoms with Crippen LogP contribution in [0.4, 0.5) is 4.39 Å². The van der Waals surface area contributed by atoms with Gasteiger partial charge in [-0.15, -0.1) is 12.4 Å². The lowest BCUT2D eigenvalue weighted by Crippen LogP contribution is -2.56. The van der Waals surface area contributed by atoms with E-state index in [0.29, 0.717) is 17.8 Å². The van der Waals surface area contributed by atoms with Gasteiger partial charge < -0.3 is 9.63 Å². The number of benzene rings is 1. The van der Waals surface area contributed by atoms with Crippen LogP contribution in [0.1, 0.15) is 37.9 Å². The van der Waals surface area contributed by atoms with Gasteiger partial charge in [-0.25, -0.2) is 4.39 Å². The Hall–Kier alpha value is -2.71. The van der Waals surface area contributed by atoms with Gasteiger partial charge in [0.05, 0.1) is 12.0 Å². The minimum atomic E-state index is -1.38. The van der Waals surface area contributed by atoms with Crippen molar-refractivity contribution in [3.63, 3.8) is 0 Å². The maximum atomic E-state index is 13.6. The van der Waals surface area contributed by atoms with E-state index in [-0.39, 0.29) is 24.2 Å². The average Bonchev–Trinajstić information content (AvgIpc) is 3.26. The largest absolute Gasteiger partial charge is 0.511 e. The van der Waals surface area contributed by atoms with Crippen molar-refractivity contribution in [3.8, 4) is 0 Å². The van der Waals surface area contributed by atoms with Gasteiger partial charge in [-0.3, -0.25) is 19.8 Å². The molecular formula is C22H23ClFN3O4. The number of piperidine rings is 1. The molecule has 0 radical (unpaired) electrons. The molecule has 1 aromatic carbocycles. The molecule has 2 fully saturated rings. The third-order valence-electron chi connectivity index (χ3n) is 6.85. The van der Waals surface area contributed by atoms with E-state index in [1.165, 1.54) is 18.2 Å². The maximum Gasteiger partial charge on any atom is 0.243 e. The SMILES string of the molecule is CC(N1CCCCC1c1noc2cc(F)ccc12)C12C(=O)NC(=O)C1C=CC=C2O.Cl. The van der Waals surface area contributed by atoms with Crippen LogP contribution in [0.2, 0.25) is 0 Å². The first-order chi connectivity index (χ1) is 14.4. The fourth-order valence-electron chi connectivity index (χ4n) is 5.36. The van der Waals surface area contributed by atoms with Crippen LogP contribution in [0.5, 0.6) is 0 Å². The number of halogens is 2. The number of aliphatic hydroxyl groups is 1. The summed E-state index contributed by atoms with van der Waals surface area (Å²) in [6.07, 6.45) is 7.42. The Morgan fingerprint density at radius 3 is 2.97 bits per heavy atom. The third kappa shape index (κ3) is 3.00. The first-order valence-electron chi connectivity index (χ1n) is 10.2. The molecule has 3 heterocycles. The van der Waals surface area contributed by atoms with Crippen LogP contribution in [-0.2, 0) is 9.59 Å². The molecular weight excluding hydrogens is 425 g/mol. The quantitative estimate of drug-likeness (QED) is 0.698. The number of aromatic nitrogens is 1. The van der Waals surface area contributed by atoms with Gasteiger partial charge in [0, 0.05) is 17.5 Å². The van der Waals surface area contributed by atoms with Crippen LogP contribution in [0, 0.1) is 17.2 Å². The Balaban J connectivity index is 0.00000231. The minimum Gasteiger partial charge on any atom is -0.511 e. The molecule has 9 heteroatoms. The van der Waals surface area contributed by atoms with Crippen molar-refractivity contribution in [2.75, 3.05) is 6.54 Å². The molecule has 1 aliphatic carbocycles. The highest BCUT2D eigenvalue weighted by Gasteiger charge is 2.62. The van der Waals surface area contributed by atoms with E-state index in [9.17, 15) is 19.1 Å². The van der Waals surface area contributed by atoms with Crippen LogP contribution in [-0.4, -0.2) is 39.6 Å². The fourth-order valence-corrected chi connectivity index (χ4v) is 5.36. The predicted octanol–water partition coefficient (Wildman–Crippen LogP) is 3.57. The van der Waals surface area contributed by atoms with Gasteiger partial charge in [0.1, 0.15) is 22.7 Å². The first kappa shape index (κ1) is 21.5. The molecule has 2 N–H and O–H groups in total. The molecule has 2 saturated heterocycles.